The van der Waals surface area contributed by atoms with Crippen LogP contribution in [0.1, 0.15) is 16.8 Å². The largest absolute Gasteiger partial charge is 0.353 e. The minimum atomic E-state index is -0.0526. The van der Waals surface area contributed by atoms with Gasteiger partial charge in [0.05, 0.1) is 0 Å². The number of rotatable bonds is 3. The van der Waals surface area contributed by atoms with Gasteiger partial charge in [0.2, 0.25) is 0 Å². The summed E-state index contributed by atoms with van der Waals surface area (Å²) in [6, 6.07) is 18.1. The second kappa shape index (κ2) is 8.53. The van der Waals surface area contributed by atoms with E-state index < -0.39 is 0 Å². The van der Waals surface area contributed by atoms with Gasteiger partial charge in [-0.25, -0.2) is 14.8 Å². The lowest BCUT2D eigenvalue weighted by atomic mass is 10.1. The summed E-state index contributed by atoms with van der Waals surface area (Å²) in [4.78, 5) is 26.2. The molecule has 1 N–H and O–H groups in total. The molecule has 2 aromatic carbocycles. The molecule has 4 rings (SSSR count). The molecule has 3 aromatic rings. The highest BCUT2D eigenvalue weighted by Crippen LogP contribution is 2.22. The first-order valence-corrected chi connectivity index (χ1v) is 10.3. The molecule has 2 amide bonds. The van der Waals surface area contributed by atoms with Gasteiger partial charge >= 0.3 is 6.03 Å². The first-order chi connectivity index (χ1) is 14.5. The Morgan fingerprint density at radius 1 is 0.900 bits per heavy atom. The van der Waals surface area contributed by atoms with Gasteiger partial charge in [-0.3, -0.25) is 0 Å². The van der Waals surface area contributed by atoms with Crippen molar-refractivity contribution in [2.75, 3.05) is 36.4 Å². The molecule has 1 fully saturated rings. The second-order valence-corrected chi connectivity index (χ2v) is 7.78. The zero-order valence-electron chi connectivity index (χ0n) is 17.7. The molecule has 30 heavy (non-hydrogen) atoms. The summed E-state index contributed by atoms with van der Waals surface area (Å²) < 4.78 is 0. The van der Waals surface area contributed by atoms with Gasteiger partial charge in [0, 0.05) is 49.2 Å². The monoisotopic (exact) mass is 401 g/mol. The minimum absolute atomic E-state index is 0.0526. The summed E-state index contributed by atoms with van der Waals surface area (Å²) in [6.45, 7) is 8.85. The van der Waals surface area contributed by atoms with Crippen LogP contribution in [0.3, 0.4) is 0 Å². The Kier molecular flexibility index (Phi) is 5.65. The Hall–Kier alpha value is -3.41. The summed E-state index contributed by atoms with van der Waals surface area (Å²) in [7, 11) is 0. The van der Waals surface area contributed by atoms with E-state index in [1.165, 1.54) is 5.56 Å². The molecule has 1 aliphatic heterocycles. The number of anilines is 2. The molecule has 154 valence electrons. The maximum absolute atomic E-state index is 12.7. The van der Waals surface area contributed by atoms with E-state index in [0.717, 1.165) is 47.2 Å². The first kappa shape index (κ1) is 19.9. The molecule has 1 aliphatic rings. The van der Waals surface area contributed by atoms with Crippen molar-refractivity contribution in [3.05, 3.63) is 71.4 Å². The van der Waals surface area contributed by atoms with E-state index in [0.29, 0.717) is 13.1 Å². The van der Waals surface area contributed by atoms with Gasteiger partial charge in [-0.15, -0.1) is 0 Å². The molecule has 1 aromatic heterocycles. The molecule has 0 aliphatic carbocycles. The van der Waals surface area contributed by atoms with Gasteiger partial charge in [-0.2, -0.15) is 0 Å². The van der Waals surface area contributed by atoms with Crippen molar-refractivity contribution in [3.63, 3.8) is 0 Å². The number of carbonyl (C=O) groups excluding carboxylic acids is 1. The topological polar surface area (TPSA) is 61.4 Å². The lowest BCUT2D eigenvalue weighted by Crippen LogP contribution is -2.50. The standard InChI is InChI=1S/C24H27N5O/c1-17-8-10-20(11-9-17)23-25-19(3)16-22(27-23)28-12-14-29(15-13-28)24(30)26-21-7-5-4-6-18(21)2/h4-11,16H,12-15H2,1-3H3,(H,26,30). The number of hydrogen-bond donors (Lipinski definition) is 1. The molecule has 0 radical (unpaired) electrons. The SMILES string of the molecule is Cc1ccc(-c2nc(C)cc(N3CCN(C(=O)Nc4ccccc4C)CC3)n2)cc1. The number of piperazine rings is 1. The molecule has 0 atom stereocenters. The van der Waals surface area contributed by atoms with Crippen LogP contribution in [0.15, 0.2) is 54.6 Å². The highest BCUT2D eigenvalue weighted by Gasteiger charge is 2.23. The van der Waals surface area contributed by atoms with Gasteiger partial charge in [0.1, 0.15) is 5.82 Å². The molecule has 1 saturated heterocycles. The number of carbonyl (C=O) groups is 1. The van der Waals surface area contributed by atoms with Crippen LogP contribution >= 0.6 is 0 Å². The van der Waals surface area contributed by atoms with Crippen molar-refractivity contribution in [3.8, 4) is 11.4 Å². The smallest absolute Gasteiger partial charge is 0.321 e. The summed E-state index contributed by atoms with van der Waals surface area (Å²) in [5.74, 6) is 1.65. The summed E-state index contributed by atoms with van der Waals surface area (Å²) in [5.41, 5.74) is 5.09. The van der Waals surface area contributed by atoms with E-state index in [2.05, 4.69) is 46.4 Å². The third-order valence-corrected chi connectivity index (χ3v) is 5.43. The number of nitrogens with one attached hydrogen (secondary N) is 1. The summed E-state index contributed by atoms with van der Waals surface area (Å²) >= 11 is 0. The zero-order valence-corrected chi connectivity index (χ0v) is 17.7. The number of nitrogens with zero attached hydrogens (tertiary/aromatic N) is 4. The fraction of sp³-hybridized carbons (Fsp3) is 0.292. The van der Waals surface area contributed by atoms with E-state index >= 15 is 0 Å². The number of para-hydroxylation sites is 1. The van der Waals surface area contributed by atoms with Gasteiger partial charge in [0.25, 0.3) is 0 Å². The van der Waals surface area contributed by atoms with Crippen LogP contribution < -0.4 is 10.2 Å². The van der Waals surface area contributed by atoms with E-state index in [1.54, 1.807) is 0 Å². The Balaban J connectivity index is 1.43. The van der Waals surface area contributed by atoms with Crippen LogP contribution in [0.4, 0.5) is 16.3 Å². The third kappa shape index (κ3) is 4.43. The van der Waals surface area contributed by atoms with Crippen LogP contribution in [0.25, 0.3) is 11.4 Å². The summed E-state index contributed by atoms with van der Waals surface area (Å²) in [6.07, 6.45) is 0. The molecular weight excluding hydrogens is 374 g/mol. The Morgan fingerprint density at radius 2 is 1.60 bits per heavy atom. The van der Waals surface area contributed by atoms with Crippen molar-refractivity contribution in [1.82, 2.24) is 14.9 Å². The zero-order chi connectivity index (χ0) is 21.1. The van der Waals surface area contributed by atoms with Crippen LogP contribution in [-0.2, 0) is 0 Å². The average Bonchev–Trinajstić information content (AvgIpc) is 2.75. The van der Waals surface area contributed by atoms with Crippen LogP contribution in [0.5, 0.6) is 0 Å². The van der Waals surface area contributed by atoms with E-state index in [1.807, 2.05) is 49.1 Å². The van der Waals surface area contributed by atoms with Gasteiger partial charge in [-0.1, -0.05) is 48.0 Å². The van der Waals surface area contributed by atoms with Crippen molar-refractivity contribution in [1.29, 1.82) is 0 Å². The summed E-state index contributed by atoms with van der Waals surface area (Å²) in [5, 5.41) is 3.02. The lowest BCUT2D eigenvalue weighted by Gasteiger charge is -2.35. The lowest BCUT2D eigenvalue weighted by molar-refractivity contribution is 0.208. The first-order valence-electron chi connectivity index (χ1n) is 10.3. The maximum atomic E-state index is 12.7. The van der Waals surface area contributed by atoms with E-state index in [4.69, 9.17) is 4.98 Å². The Bertz CT molecular complexity index is 1040. The third-order valence-electron chi connectivity index (χ3n) is 5.43. The van der Waals surface area contributed by atoms with Gasteiger partial charge < -0.3 is 15.1 Å². The Labute approximate surface area is 177 Å². The van der Waals surface area contributed by atoms with Crippen molar-refractivity contribution >= 4 is 17.5 Å². The van der Waals surface area contributed by atoms with Crippen molar-refractivity contribution in [2.45, 2.75) is 20.8 Å². The molecule has 2 heterocycles. The van der Waals surface area contributed by atoms with Crippen molar-refractivity contribution in [2.24, 2.45) is 0 Å². The highest BCUT2D eigenvalue weighted by molar-refractivity contribution is 5.90. The number of aryl methyl sites for hydroxylation is 3. The van der Waals surface area contributed by atoms with Gasteiger partial charge in [0.15, 0.2) is 5.82 Å². The predicted octanol–water partition coefficient (Wildman–Crippen LogP) is 4.42. The van der Waals surface area contributed by atoms with E-state index in [-0.39, 0.29) is 6.03 Å². The van der Waals surface area contributed by atoms with Crippen molar-refractivity contribution < 1.29 is 4.79 Å². The fourth-order valence-corrected chi connectivity index (χ4v) is 3.59. The normalized spacial score (nSPS) is 14.0. The second-order valence-electron chi connectivity index (χ2n) is 7.78. The number of hydrogen-bond acceptors (Lipinski definition) is 4. The van der Waals surface area contributed by atoms with Crippen LogP contribution in [0.2, 0.25) is 0 Å². The molecular formula is C24H27N5O. The maximum Gasteiger partial charge on any atom is 0.321 e. The molecule has 0 saturated carbocycles. The highest BCUT2D eigenvalue weighted by atomic mass is 16.2. The van der Waals surface area contributed by atoms with E-state index in [9.17, 15) is 4.79 Å². The molecule has 0 spiro atoms. The van der Waals surface area contributed by atoms with Gasteiger partial charge in [-0.05, 0) is 32.4 Å². The molecule has 6 heteroatoms. The molecule has 0 bridgehead atoms. The molecule has 6 nitrogen and oxygen atoms in total. The average molecular weight is 402 g/mol. The molecule has 0 unspecified atom stereocenters. The number of amides is 2. The number of urea groups is 1. The van der Waals surface area contributed by atoms with Crippen LogP contribution in [-0.4, -0.2) is 47.1 Å². The minimum Gasteiger partial charge on any atom is -0.353 e. The van der Waals surface area contributed by atoms with Crippen LogP contribution in [0, 0.1) is 20.8 Å². The fourth-order valence-electron chi connectivity index (χ4n) is 3.59. The Morgan fingerprint density at radius 3 is 2.30 bits per heavy atom. The number of aromatic nitrogens is 2. The predicted molar refractivity (Wildman–Crippen MR) is 121 cm³/mol. The number of benzene rings is 2. The quantitative estimate of drug-likeness (QED) is 0.706.